The number of carboxylic acid groups (broad SMARTS) is 1. The molecule has 88 valence electrons. The lowest BCUT2D eigenvalue weighted by Gasteiger charge is -1.96. The number of rotatable bonds is 4. The van der Waals surface area contributed by atoms with Gasteiger partial charge in [0, 0.05) is 17.3 Å². The van der Waals surface area contributed by atoms with E-state index in [0.717, 1.165) is 10.0 Å². The van der Waals surface area contributed by atoms with Crippen molar-refractivity contribution in [1.82, 2.24) is 15.0 Å². The van der Waals surface area contributed by atoms with Crippen molar-refractivity contribution in [3.8, 4) is 0 Å². The number of aryl methyl sites for hydroxylation is 1. The van der Waals surface area contributed by atoms with Crippen LogP contribution in [-0.4, -0.2) is 26.0 Å². The van der Waals surface area contributed by atoms with Crippen LogP contribution in [-0.2, 0) is 11.2 Å². The van der Waals surface area contributed by atoms with Crippen molar-refractivity contribution in [2.45, 2.75) is 22.8 Å². The van der Waals surface area contributed by atoms with Gasteiger partial charge in [0.25, 0.3) is 0 Å². The maximum Gasteiger partial charge on any atom is 0.309 e. The number of thiazole rings is 1. The molecule has 2 aromatic heterocycles. The van der Waals surface area contributed by atoms with Gasteiger partial charge in [-0.3, -0.25) is 4.79 Å². The van der Waals surface area contributed by atoms with E-state index in [9.17, 15) is 4.79 Å². The van der Waals surface area contributed by atoms with Gasteiger partial charge in [0.2, 0.25) is 0 Å². The van der Waals surface area contributed by atoms with Gasteiger partial charge in [-0.25, -0.2) is 15.0 Å². The summed E-state index contributed by atoms with van der Waals surface area (Å²) in [6, 6.07) is 1.82. The molecule has 0 aliphatic carbocycles. The summed E-state index contributed by atoms with van der Waals surface area (Å²) in [4.78, 5) is 23.1. The second kappa shape index (κ2) is 5.24. The van der Waals surface area contributed by atoms with Gasteiger partial charge < -0.3 is 5.11 Å². The summed E-state index contributed by atoms with van der Waals surface area (Å²) in [5, 5.41) is 11.0. The largest absolute Gasteiger partial charge is 0.481 e. The third-order valence-corrected chi connectivity index (χ3v) is 3.68. The molecular formula is C10H9N3O2S2. The quantitative estimate of drug-likeness (QED) is 0.854. The molecule has 0 amide bonds. The van der Waals surface area contributed by atoms with Crippen LogP contribution in [0.3, 0.4) is 0 Å². The number of hydrogen-bond donors (Lipinski definition) is 1. The molecule has 0 fully saturated rings. The number of nitrogens with zero attached hydrogens (tertiary/aromatic N) is 3. The lowest BCUT2D eigenvalue weighted by atomic mass is 10.3. The molecule has 0 bridgehead atoms. The van der Waals surface area contributed by atoms with Crippen molar-refractivity contribution in [1.29, 1.82) is 0 Å². The first kappa shape index (κ1) is 12.0. The van der Waals surface area contributed by atoms with Crippen LogP contribution < -0.4 is 0 Å². The predicted molar refractivity (Wildman–Crippen MR) is 64.3 cm³/mol. The smallest absolute Gasteiger partial charge is 0.309 e. The molecule has 2 rings (SSSR count). The molecule has 5 nitrogen and oxygen atoms in total. The van der Waals surface area contributed by atoms with Crippen molar-refractivity contribution in [2.24, 2.45) is 0 Å². The molecule has 7 heteroatoms. The first-order chi connectivity index (χ1) is 8.13. The normalized spacial score (nSPS) is 10.4. The molecule has 2 aromatic rings. The first-order valence-corrected chi connectivity index (χ1v) is 6.47. The highest BCUT2D eigenvalue weighted by atomic mass is 32.2. The average molecular weight is 267 g/mol. The zero-order chi connectivity index (χ0) is 12.3. The molecule has 0 saturated heterocycles. The minimum Gasteiger partial charge on any atom is -0.481 e. The summed E-state index contributed by atoms with van der Waals surface area (Å²) >= 11 is 2.74. The highest BCUT2D eigenvalue weighted by molar-refractivity contribution is 8.00. The van der Waals surface area contributed by atoms with Crippen LogP contribution in [0.15, 0.2) is 27.1 Å². The van der Waals surface area contributed by atoms with Gasteiger partial charge in [-0.1, -0.05) is 0 Å². The Morgan fingerprint density at radius 3 is 3.06 bits per heavy atom. The predicted octanol–water partition coefficient (Wildman–Crippen LogP) is 2.02. The second-order valence-corrected chi connectivity index (χ2v) is 5.33. The van der Waals surface area contributed by atoms with Crippen LogP contribution in [0.4, 0.5) is 0 Å². The summed E-state index contributed by atoms with van der Waals surface area (Å²) in [5.41, 5.74) is 1.46. The van der Waals surface area contributed by atoms with E-state index in [1.165, 1.54) is 23.1 Å². The van der Waals surface area contributed by atoms with Crippen LogP contribution in [0.2, 0.25) is 0 Å². The van der Waals surface area contributed by atoms with E-state index < -0.39 is 5.97 Å². The molecule has 0 radical (unpaired) electrons. The molecule has 0 aliphatic heterocycles. The Morgan fingerprint density at radius 1 is 1.53 bits per heavy atom. The fourth-order valence-corrected chi connectivity index (χ4v) is 2.85. The van der Waals surface area contributed by atoms with Gasteiger partial charge in [-0.15, -0.1) is 11.3 Å². The summed E-state index contributed by atoms with van der Waals surface area (Å²) in [5.74, 6) is -0.876. The topological polar surface area (TPSA) is 76.0 Å². The van der Waals surface area contributed by atoms with Gasteiger partial charge >= 0.3 is 5.97 Å². The monoisotopic (exact) mass is 267 g/mol. The van der Waals surface area contributed by atoms with E-state index in [0.29, 0.717) is 10.9 Å². The van der Waals surface area contributed by atoms with Crippen LogP contribution in [0.5, 0.6) is 0 Å². The molecule has 0 spiro atoms. The fraction of sp³-hybridized carbons (Fsp3) is 0.200. The minimum atomic E-state index is -0.876. The zero-order valence-electron chi connectivity index (χ0n) is 8.95. The molecule has 0 aromatic carbocycles. The van der Waals surface area contributed by atoms with Crippen molar-refractivity contribution in [2.75, 3.05) is 0 Å². The zero-order valence-corrected chi connectivity index (χ0v) is 10.6. The Balaban J connectivity index is 2.08. The Hall–Kier alpha value is -1.47. The molecule has 0 unspecified atom stereocenters. The number of aliphatic carboxylic acids is 1. The first-order valence-electron chi connectivity index (χ1n) is 4.77. The van der Waals surface area contributed by atoms with Gasteiger partial charge in [0.1, 0.15) is 0 Å². The third-order valence-electron chi connectivity index (χ3n) is 1.81. The molecule has 0 aliphatic rings. The van der Waals surface area contributed by atoms with E-state index in [1.54, 1.807) is 11.6 Å². The van der Waals surface area contributed by atoms with Gasteiger partial charge in [0.15, 0.2) is 9.50 Å². The number of carboxylic acids is 1. The Labute approximate surface area is 106 Å². The Morgan fingerprint density at radius 2 is 2.35 bits per heavy atom. The summed E-state index contributed by atoms with van der Waals surface area (Å²) in [7, 11) is 0. The van der Waals surface area contributed by atoms with Gasteiger partial charge in [-0.2, -0.15) is 0 Å². The maximum atomic E-state index is 10.5. The third kappa shape index (κ3) is 3.50. The molecule has 0 atom stereocenters. The van der Waals surface area contributed by atoms with Crippen LogP contribution in [0, 0.1) is 6.92 Å². The van der Waals surface area contributed by atoms with Crippen LogP contribution in [0.25, 0.3) is 0 Å². The van der Waals surface area contributed by atoms with Crippen LogP contribution in [0.1, 0.15) is 11.4 Å². The molecule has 0 saturated carbocycles. The Bertz CT molecular complexity index is 542. The number of hydrogen-bond acceptors (Lipinski definition) is 6. The van der Waals surface area contributed by atoms with E-state index in [4.69, 9.17) is 5.11 Å². The van der Waals surface area contributed by atoms with E-state index in [1.807, 2.05) is 13.0 Å². The lowest BCUT2D eigenvalue weighted by molar-refractivity contribution is -0.136. The van der Waals surface area contributed by atoms with Crippen molar-refractivity contribution in [3.05, 3.63) is 29.0 Å². The van der Waals surface area contributed by atoms with E-state index in [-0.39, 0.29) is 6.42 Å². The van der Waals surface area contributed by atoms with Crippen LogP contribution >= 0.6 is 23.1 Å². The molecule has 2 heterocycles. The lowest BCUT2D eigenvalue weighted by Crippen LogP contribution is -1.99. The standard InChI is InChI=1S/C10H9N3O2S2/c1-6-2-3-11-9(12-6)17-10-13-7(5-16-10)4-8(14)15/h2-3,5H,4H2,1H3,(H,14,15). The van der Waals surface area contributed by atoms with Crippen molar-refractivity contribution >= 4 is 29.1 Å². The van der Waals surface area contributed by atoms with E-state index in [2.05, 4.69) is 15.0 Å². The molecule has 1 N–H and O–H groups in total. The molecular weight excluding hydrogens is 258 g/mol. The minimum absolute atomic E-state index is 0.0499. The number of aromatic nitrogens is 3. The highest BCUT2D eigenvalue weighted by Gasteiger charge is 2.08. The molecule has 17 heavy (non-hydrogen) atoms. The maximum absolute atomic E-state index is 10.5. The average Bonchev–Trinajstić information content (AvgIpc) is 2.64. The Kier molecular flexibility index (Phi) is 3.70. The van der Waals surface area contributed by atoms with Gasteiger partial charge in [0.05, 0.1) is 12.1 Å². The highest BCUT2D eigenvalue weighted by Crippen LogP contribution is 2.27. The SMILES string of the molecule is Cc1ccnc(Sc2nc(CC(=O)O)cs2)n1. The number of carbonyl (C=O) groups is 1. The second-order valence-electron chi connectivity index (χ2n) is 3.26. The van der Waals surface area contributed by atoms with E-state index >= 15 is 0 Å². The fourth-order valence-electron chi connectivity index (χ4n) is 1.12. The summed E-state index contributed by atoms with van der Waals surface area (Å²) < 4.78 is 0.756. The summed E-state index contributed by atoms with van der Waals surface area (Å²) in [6.07, 6.45) is 1.64. The van der Waals surface area contributed by atoms with Gasteiger partial charge in [-0.05, 0) is 24.8 Å². The summed E-state index contributed by atoms with van der Waals surface area (Å²) in [6.45, 7) is 1.89. The van der Waals surface area contributed by atoms with Crippen molar-refractivity contribution < 1.29 is 9.90 Å². The van der Waals surface area contributed by atoms with Crippen molar-refractivity contribution in [3.63, 3.8) is 0 Å².